The van der Waals surface area contributed by atoms with Crippen molar-refractivity contribution >= 4 is 0 Å². The van der Waals surface area contributed by atoms with Crippen LogP contribution < -0.4 is 5.32 Å². The maximum absolute atomic E-state index is 5.69. The average molecular weight is 220 g/mol. The number of pyridine rings is 1. The molecule has 0 saturated carbocycles. The molecule has 16 heavy (non-hydrogen) atoms. The van der Waals surface area contributed by atoms with Gasteiger partial charge < -0.3 is 10.1 Å². The van der Waals surface area contributed by atoms with Gasteiger partial charge in [-0.2, -0.15) is 0 Å². The summed E-state index contributed by atoms with van der Waals surface area (Å²) in [6.07, 6.45) is 7.82. The Hall–Kier alpha value is -0.930. The van der Waals surface area contributed by atoms with Crippen LogP contribution in [-0.2, 0) is 4.74 Å². The van der Waals surface area contributed by atoms with Gasteiger partial charge in [0.05, 0.1) is 6.10 Å². The Balaban J connectivity index is 1.77. The van der Waals surface area contributed by atoms with Crippen molar-refractivity contribution < 1.29 is 4.74 Å². The monoisotopic (exact) mass is 220 g/mol. The molecule has 3 heteroatoms. The molecule has 0 bridgehead atoms. The molecule has 2 rings (SSSR count). The highest BCUT2D eigenvalue weighted by Crippen LogP contribution is 2.14. The summed E-state index contributed by atoms with van der Waals surface area (Å²) in [7, 11) is 0. The van der Waals surface area contributed by atoms with Gasteiger partial charge in [-0.1, -0.05) is 6.07 Å². The van der Waals surface area contributed by atoms with E-state index in [1.54, 1.807) is 6.20 Å². The van der Waals surface area contributed by atoms with Crippen molar-refractivity contribution in [2.45, 2.75) is 38.3 Å². The van der Waals surface area contributed by atoms with Crippen LogP contribution in [0.5, 0.6) is 0 Å². The SMILES string of the molecule is CC(NCC1CCCCO1)c1cccnc1. The molecule has 3 nitrogen and oxygen atoms in total. The smallest absolute Gasteiger partial charge is 0.0699 e. The molecule has 1 aliphatic rings. The first-order chi connectivity index (χ1) is 7.86. The standard InChI is InChI=1S/C13H20N2O/c1-11(12-5-4-7-14-9-12)15-10-13-6-2-3-8-16-13/h4-5,7,9,11,13,15H,2-3,6,8,10H2,1H3. The van der Waals surface area contributed by atoms with E-state index < -0.39 is 0 Å². The van der Waals surface area contributed by atoms with Gasteiger partial charge in [0.2, 0.25) is 0 Å². The molecule has 0 spiro atoms. The minimum absolute atomic E-state index is 0.347. The molecule has 0 aromatic carbocycles. The third-order valence-electron chi connectivity index (χ3n) is 3.11. The van der Waals surface area contributed by atoms with E-state index in [1.807, 2.05) is 12.3 Å². The van der Waals surface area contributed by atoms with Crippen LogP contribution in [0.25, 0.3) is 0 Å². The van der Waals surface area contributed by atoms with Gasteiger partial charge in [0.15, 0.2) is 0 Å². The fourth-order valence-corrected chi connectivity index (χ4v) is 2.03. The number of hydrogen-bond donors (Lipinski definition) is 1. The summed E-state index contributed by atoms with van der Waals surface area (Å²) < 4.78 is 5.69. The summed E-state index contributed by atoms with van der Waals surface area (Å²) >= 11 is 0. The maximum atomic E-state index is 5.69. The summed E-state index contributed by atoms with van der Waals surface area (Å²) in [6.45, 7) is 4.03. The van der Waals surface area contributed by atoms with Crippen LogP contribution in [0.15, 0.2) is 24.5 Å². The van der Waals surface area contributed by atoms with E-state index in [0.29, 0.717) is 12.1 Å². The topological polar surface area (TPSA) is 34.1 Å². The van der Waals surface area contributed by atoms with Crippen molar-refractivity contribution in [2.75, 3.05) is 13.2 Å². The Kier molecular flexibility index (Phi) is 4.31. The van der Waals surface area contributed by atoms with Crippen molar-refractivity contribution in [2.24, 2.45) is 0 Å². The Bertz CT molecular complexity index is 296. The van der Waals surface area contributed by atoms with Crippen LogP contribution in [0.1, 0.15) is 37.8 Å². The van der Waals surface area contributed by atoms with Crippen molar-refractivity contribution in [1.82, 2.24) is 10.3 Å². The normalized spacial score (nSPS) is 22.9. The third kappa shape index (κ3) is 3.29. The summed E-state index contributed by atoms with van der Waals surface area (Å²) in [5, 5.41) is 3.50. The molecule has 1 saturated heterocycles. The molecule has 2 heterocycles. The molecule has 1 aliphatic heterocycles. The molecule has 1 fully saturated rings. The molecule has 0 amide bonds. The number of aromatic nitrogens is 1. The largest absolute Gasteiger partial charge is 0.377 e. The van der Waals surface area contributed by atoms with Crippen LogP contribution >= 0.6 is 0 Å². The highest BCUT2D eigenvalue weighted by Gasteiger charge is 2.14. The van der Waals surface area contributed by atoms with Gasteiger partial charge in [-0.05, 0) is 37.8 Å². The zero-order valence-electron chi connectivity index (χ0n) is 9.86. The van der Waals surface area contributed by atoms with E-state index in [0.717, 1.165) is 13.2 Å². The molecule has 1 aromatic heterocycles. The summed E-state index contributed by atoms with van der Waals surface area (Å²) in [6, 6.07) is 4.43. The van der Waals surface area contributed by atoms with Gasteiger partial charge in [0.25, 0.3) is 0 Å². The number of nitrogens with zero attached hydrogens (tertiary/aromatic N) is 1. The number of hydrogen-bond acceptors (Lipinski definition) is 3. The zero-order chi connectivity index (χ0) is 11.2. The third-order valence-corrected chi connectivity index (χ3v) is 3.11. The average Bonchev–Trinajstić information content (AvgIpc) is 2.38. The van der Waals surface area contributed by atoms with E-state index in [9.17, 15) is 0 Å². The minimum Gasteiger partial charge on any atom is -0.377 e. The lowest BCUT2D eigenvalue weighted by atomic mass is 10.1. The molecule has 88 valence electrons. The highest BCUT2D eigenvalue weighted by molar-refractivity contribution is 5.12. The van der Waals surface area contributed by atoms with E-state index in [2.05, 4.69) is 23.3 Å². The highest BCUT2D eigenvalue weighted by atomic mass is 16.5. The van der Waals surface area contributed by atoms with Crippen molar-refractivity contribution in [1.29, 1.82) is 0 Å². The lowest BCUT2D eigenvalue weighted by Crippen LogP contribution is -2.33. The molecular formula is C13H20N2O. The van der Waals surface area contributed by atoms with E-state index in [1.165, 1.54) is 24.8 Å². The lowest BCUT2D eigenvalue weighted by Gasteiger charge is -2.24. The van der Waals surface area contributed by atoms with Gasteiger partial charge in [0, 0.05) is 31.6 Å². The molecule has 1 aromatic rings. The maximum Gasteiger partial charge on any atom is 0.0699 e. The number of rotatable bonds is 4. The first-order valence-corrected chi connectivity index (χ1v) is 6.11. The minimum atomic E-state index is 0.347. The summed E-state index contributed by atoms with van der Waals surface area (Å²) in [5.74, 6) is 0. The quantitative estimate of drug-likeness (QED) is 0.845. The van der Waals surface area contributed by atoms with Crippen LogP contribution in [0, 0.1) is 0 Å². The Morgan fingerprint density at radius 1 is 1.56 bits per heavy atom. The second-order valence-electron chi connectivity index (χ2n) is 4.40. The first-order valence-electron chi connectivity index (χ1n) is 6.11. The van der Waals surface area contributed by atoms with Gasteiger partial charge in [-0.3, -0.25) is 4.98 Å². The fourth-order valence-electron chi connectivity index (χ4n) is 2.03. The molecular weight excluding hydrogens is 200 g/mol. The van der Waals surface area contributed by atoms with Gasteiger partial charge in [-0.25, -0.2) is 0 Å². The predicted molar refractivity (Wildman–Crippen MR) is 64.2 cm³/mol. The van der Waals surface area contributed by atoms with Crippen molar-refractivity contribution in [3.05, 3.63) is 30.1 Å². The molecule has 2 unspecified atom stereocenters. The second kappa shape index (κ2) is 5.97. The van der Waals surface area contributed by atoms with E-state index in [4.69, 9.17) is 4.74 Å². The van der Waals surface area contributed by atoms with Crippen molar-refractivity contribution in [3.8, 4) is 0 Å². The Morgan fingerprint density at radius 2 is 2.50 bits per heavy atom. The van der Waals surface area contributed by atoms with E-state index >= 15 is 0 Å². The van der Waals surface area contributed by atoms with Crippen LogP contribution in [-0.4, -0.2) is 24.2 Å². The first kappa shape index (κ1) is 11.6. The lowest BCUT2D eigenvalue weighted by molar-refractivity contribution is 0.0156. The molecule has 0 radical (unpaired) electrons. The number of nitrogens with one attached hydrogen (secondary N) is 1. The van der Waals surface area contributed by atoms with Crippen molar-refractivity contribution in [3.63, 3.8) is 0 Å². The number of ether oxygens (including phenoxy) is 1. The second-order valence-corrected chi connectivity index (χ2v) is 4.40. The van der Waals surface area contributed by atoms with E-state index in [-0.39, 0.29) is 0 Å². The van der Waals surface area contributed by atoms with Gasteiger partial charge in [-0.15, -0.1) is 0 Å². The fraction of sp³-hybridized carbons (Fsp3) is 0.615. The van der Waals surface area contributed by atoms with Gasteiger partial charge in [0.1, 0.15) is 0 Å². The molecule has 2 atom stereocenters. The summed E-state index contributed by atoms with van der Waals surface area (Å²) in [5.41, 5.74) is 1.23. The van der Waals surface area contributed by atoms with Crippen LogP contribution in [0.2, 0.25) is 0 Å². The Labute approximate surface area is 97.2 Å². The van der Waals surface area contributed by atoms with Crippen LogP contribution in [0.3, 0.4) is 0 Å². The summed E-state index contributed by atoms with van der Waals surface area (Å²) in [4.78, 5) is 4.13. The predicted octanol–water partition coefficient (Wildman–Crippen LogP) is 2.30. The molecule has 1 N–H and O–H groups in total. The Morgan fingerprint density at radius 3 is 3.19 bits per heavy atom. The zero-order valence-corrected chi connectivity index (χ0v) is 9.86. The molecule has 0 aliphatic carbocycles. The van der Waals surface area contributed by atoms with Gasteiger partial charge >= 0.3 is 0 Å². The van der Waals surface area contributed by atoms with Crippen LogP contribution in [0.4, 0.5) is 0 Å².